The molecule has 0 aliphatic carbocycles. The van der Waals surface area contributed by atoms with E-state index in [1.165, 1.54) is 6.07 Å². The largest absolute Gasteiger partial charge is 0.470 e. The van der Waals surface area contributed by atoms with Gasteiger partial charge in [0.2, 0.25) is 5.88 Å². The number of rotatable bonds is 3. The first-order valence-electron chi connectivity index (χ1n) is 6.43. The van der Waals surface area contributed by atoms with Crippen molar-refractivity contribution in [2.45, 2.75) is 26.4 Å². The fourth-order valence-electron chi connectivity index (χ4n) is 1.63. The molecule has 3 N–H and O–H groups in total. The lowest BCUT2D eigenvalue weighted by Crippen LogP contribution is -2.24. The van der Waals surface area contributed by atoms with Gasteiger partial charge < -0.3 is 15.8 Å². The van der Waals surface area contributed by atoms with Gasteiger partial charge in [-0.1, -0.05) is 17.7 Å². The molecule has 0 amide bonds. The van der Waals surface area contributed by atoms with Crippen LogP contribution in [0, 0.1) is 5.82 Å². The Morgan fingerprint density at radius 3 is 2.62 bits per heavy atom. The number of nitrogen functional groups attached to an aromatic ring is 1. The highest BCUT2D eigenvalue weighted by molar-refractivity contribution is 6.31. The van der Waals surface area contributed by atoms with Crippen LogP contribution in [0.25, 0.3) is 0 Å². The third-order valence-corrected chi connectivity index (χ3v) is 2.80. The zero-order chi connectivity index (χ0) is 15.6. The molecule has 0 aliphatic heterocycles. The summed E-state index contributed by atoms with van der Waals surface area (Å²) < 4.78 is 19.5. The molecule has 0 spiro atoms. The second-order valence-corrected chi connectivity index (χ2v) is 5.94. The van der Waals surface area contributed by atoms with Gasteiger partial charge in [0.05, 0.1) is 16.4 Å². The normalized spacial score (nSPS) is 11.3. The van der Waals surface area contributed by atoms with Crippen molar-refractivity contribution in [3.05, 3.63) is 41.2 Å². The van der Waals surface area contributed by atoms with E-state index in [0.717, 1.165) is 0 Å². The highest BCUT2D eigenvalue weighted by atomic mass is 35.5. The number of halogens is 2. The van der Waals surface area contributed by atoms with Gasteiger partial charge in [-0.25, -0.2) is 4.39 Å². The summed E-state index contributed by atoms with van der Waals surface area (Å²) in [6.45, 7) is 5.68. The summed E-state index contributed by atoms with van der Waals surface area (Å²) in [5, 5.41) is 2.90. The van der Waals surface area contributed by atoms with Gasteiger partial charge in [-0.2, -0.15) is 4.98 Å². The second kappa shape index (κ2) is 5.77. The fraction of sp³-hybridized carbons (Fsp3) is 0.267. The maximum atomic E-state index is 13.9. The van der Waals surface area contributed by atoms with E-state index in [1.54, 1.807) is 24.3 Å². The Kier molecular flexibility index (Phi) is 4.23. The van der Waals surface area contributed by atoms with Gasteiger partial charge in [0, 0.05) is 0 Å². The molecule has 0 radical (unpaired) electrons. The summed E-state index contributed by atoms with van der Waals surface area (Å²) in [5.74, 6) is 0.190. The molecule has 0 unspecified atom stereocenters. The highest BCUT2D eigenvalue weighted by Gasteiger charge is 2.16. The summed E-state index contributed by atoms with van der Waals surface area (Å²) >= 11 is 5.74. The Morgan fingerprint density at radius 2 is 1.95 bits per heavy atom. The van der Waals surface area contributed by atoms with Crippen molar-refractivity contribution in [1.29, 1.82) is 0 Å². The second-order valence-electron chi connectivity index (χ2n) is 5.53. The highest BCUT2D eigenvalue weighted by Crippen LogP contribution is 2.28. The van der Waals surface area contributed by atoms with Crippen molar-refractivity contribution >= 4 is 28.8 Å². The molecule has 4 nitrogen and oxygen atoms in total. The van der Waals surface area contributed by atoms with Gasteiger partial charge in [-0.3, -0.25) is 0 Å². The Balaban J connectivity index is 2.29. The van der Waals surface area contributed by atoms with E-state index in [2.05, 4.69) is 10.3 Å². The molecule has 2 rings (SSSR count). The van der Waals surface area contributed by atoms with E-state index in [1.807, 2.05) is 20.8 Å². The molecule has 0 saturated carbocycles. The Bertz CT molecular complexity index is 656. The van der Waals surface area contributed by atoms with Crippen LogP contribution in [0.2, 0.25) is 5.02 Å². The average Bonchev–Trinajstić information content (AvgIpc) is 2.37. The van der Waals surface area contributed by atoms with Crippen LogP contribution in [0.3, 0.4) is 0 Å². The van der Waals surface area contributed by atoms with E-state index in [-0.39, 0.29) is 10.7 Å². The lowest BCUT2D eigenvalue weighted by atomic mass is 10.2. The number of nitrogens with two attached hydrogens (primary N) is 1. The number of benzene rings is 1. The first-order chi connectivity index (χ1) is 9.76. The average molecular weight is 310 g/mol. The molecule has 0 atom stereocenters. The minimum atomic E-state index is -0.531. The minimum Gasteiger partial charge on any atom is -0.470 e. The van der Waals surface area contributed by atoms with E-state index in [4.69, 9.17) is 22.1 Å². The topological polar surface area (TPSA) is 60.2 Å². The van der Waals surface area contributed by atoms with Crippen molar-refractivity contribution < 1.29 is 9.13 Å². The predicted octanol–water partition coefficient (Wildman–Crippen LogP) is 4.38. The summed E-state index contributed by atoms with van der Waals surface area (Å²) in [6, 6.07) is 8.00. The number of pyridine rings is 1. The summed E-state index contributed by atoms with van der Waals surface area (Å²) in [7, 11) is 0. The van der Waals surface area contributed by atoms with E-state index >= 15 is 0 Å². The number of anilines is 3. The van der Waals surface area contributed by atoms with E-state index < -0.39 is 11.4 Å². The SMILES string of the molecule is CC(C)(C)Oc1nc(Nc2cccc(Cl)c2F)ccc1N. The molecule has 1 aromatic heterocycles. The lowest BCUT2D eigenvalue weighted by Gasteiger charge is -2.21. The molecule has 21 heavy (non-hydrogen) atoms. The van der Waals surface area contributed by atoms with Crippen LogP contribution in [-0.4, -0.2) is 10.6 Å². The number of hydrogen-bond donors (Lipinski definition) is 2. The van der Waals surface area contributed by atoms with Crippen molar-refractivity contribution in [1.82, 2.24) is 4.98 Å². The van der Waals surface area contributed by atoms with Gasteiger partial charge >= 0.3 is 0 Å². The molecule has 0 aliphatic rings. The van der Waals surface area contributed by atoms with Crippen LogP contribution >= 0.6 is 11.6 Å². The number of ether oxygens (including phenoxy) is 1. The molecule has 0 saturated heterocycles. The van der Waals surface area contributed by atoms with Crippen LogP contribution in [0.5, 0.6) is 5.88 Å². The van der Waals surface area contributed by atoms with E-state index in [0.29, 0.717) is 17.4 Å². The van der Waals surface area contributed by atoms with Gasteiger partial charge in [0.15, 0.2) is 5.82 Å². The molecular formula is C15H17ClFN3O. The van der Waals surface area contributed by atoms with Gasteiger partial charge in [-0.05, 0) is 45.0 Å². The molecule has 0 bridgehead atoms. The Morgan fingerprint density at radius 1 is 1.24 bits per heavy atom. The Labute approximate surface area is 128 Å². The van der Waals surface area contributed by atoms with Crippen LogP contribution in [0.1, 0.15) is 20.8 Å². The van der Waals surface area contributed by atoms with Crippen LogP contribution < -0.4 is 15.8 Å². The first-order valence-corrected chi connectivity index (χ1v) is 6.80. The number of nitrogens with zero attached hydrogens (tertiary/aromatic N) is 1. The standard InChI is InChI=1S/C15H17ClFN3O/c1-15(2,3)21-14-10(18)7-8-12(20-14)19-11-6-4-5-9(16)13(11)17/h4-8H,18H2,1-3H3,(H,19,20). The Hall–Kier alpha value is -2.01. The summed E-state index contributed by atoms with van der Waals surface area (Å²) in [5.41, 5.74) is 6.06. The van der Waals surface area contributed by atoms with Crippen LogP contribution in [0.4, 0.5) is 21.6 Å². The van der Waals surface area contributed by atoms with Crippen LogP contribution in [-0.2, 0) is 0 Å². The molecule has 112 valence electrons. The predicted molar refractivity (Wildman–Crippen MR) is 83.7 cm³/mol. The quantitative estimate of drug-likeness (QED) is 0.883. The van der Waals surface area contributed by atoms with Crippen molar-refractivity contribution in [3.8, 4) is 5.88 Å². The number of nitrogens with one attached hydrogen (secondary N) is 1. The zero-order valence-electron chi connectivity index (χ0n) is 12.1. The van der Waals surface area contributed by atoms with Crippen LogP contribution in [0.15, 0.2) is 30.3 Å². The van der Waals surface area contributed by atoms with Gasteiger partial charge in [-0.15, -0.1) is 0 Å². The lowest BCUT2D eigenvalue weighted by molar-refractivity contribution is 0.125. The molecule has 0 fully saturated rings. The molecule has 1 heterocycles. The van der Waals surface area contributed by atoms with Gasteiger partial charge in [0.25, 0.3) is 0 Å². The third-order valence-electron chi connectivity index (χ3n) is 2.51. The molecule has 6 heteroatoms. The van der Waals surface area contributed by atoms with Gasteiger partial charge in [0.1, 0.15) is 11.4 Å². The van der Waals surface area contributed by atoms with Crippen molar-refractivity contribution in [2.24, 2.45) is 0 Å². The third kappa shape index (κ3) is 3.98. The first kappa shape index (κ1) is 15.4. The monoisotopic (exact) mass is 309 g/mol. The molecular weight excluding hydrogens is 293 g/mol. The molecule has 1 aromatic carbocycles. The van der Waals surface area contributed by atoms with Crippen molar-refractivity contribution in [2.75, 3.05) is 11.1 Å². The minimum absolute atomic E-state index is 0.0432. The van der Waals surface area contributed by atoms with Crippen molar-refractivity contribution in [3.63, 3.8) is 0 Å². The summed E-state index contributed by atoms with van der Waals surface area (Å²) in [4.78, 5) is 4.26. The smallest absolute Gasteiger partial charge is 0.239 e. The van der Waals surface area contributed by atoms with E-state index in [9.17, 15) is 4.39 Å². The molecule has 2 aromatic rings. The summed E-state index contributed by atoms with van der Waals surface area (Å²) in [6.07, 6.45) is 0. The number of aromatic nitrogens is 1. The maximum Gasteiger partial charge on any atom is 0.239 e. The maximum absolute atomic E-state index is 13.9. The fourth-order valence-corrected chi connectivity index (χ4v) is 1.81. The zero-order valence-corrected chi connectivity index (χ0v) is 12.8. The number of hydrogen-bond acceptors (Lipinski definition) is 4.